The molecule has 232 valence electrons. The summed E-state index contributed by atoms with van der Waals surface area (Å²) in [5, 5.41) is 9.62. The molecule has 0 radical (unpaired) electrons. The van der Waals surface area contributed by atoms with Gasteiger partial charge < -0.3 is 24.5 Å². The first-order valence-corrected chi connectivity index (χ1v) is 15.2. The second-order valence-electron chi connectivity index (χ2n) is 13.0. The number of hydrogen-bond acceptors (Lipinski definition) is 7. The van der Waals surface area contributed by atoms with E-state index in [2.05, 4.69) is 14.8 Å². The number of anilines is 3. The molecular weight excluding hydrogens is 585 g/mol. The van der Waals surface area contributed by atoms with Crippen LogP contribution in [-0.2, 0) is 10.2 Å². The van der Waals surface area contributed by atoms with Crippen molar-refractivity contribution < 1.29 is 23.8 Å². The van der Waals surface area contributed by atoms with Gasteiger partial charge in [-0.3, -0.25) is 4.79 Å². The van der Waals surface area contributed by atoms with E-state index < -0.39 is 17.3 Å². The number of aromatic nitrogens is 2. The van der Waals surface area contributed by atoms with Crippen molar-refractivity contribution >= 4 is 40.7 Å². The number of benzene rings is 1. The van der Waals surface area contributed by atoms with E-state index >= 15 is 0 Å². The van der Waals surface area contributed by atoms with Crippen LogP contribution in [0.25, 0.3) is 0 Å². The van der Waals surface area contributed by atoms with Crippen molar-refractivity contribution in [2.24, 2.45) is 5.92 Å². The summed E-state index contributed by atoms with van der Waals surface area (Å²) in [5.74, 6) is -0.502. The van der Waals surface area contributed by atoms with Crippen LogP contribution in [0.2, 0.25) is 5.02 Å². The van der Waals surface area contributed by atoms with Crippen LogP contribution >= 0.6 is 11.6 Å². The molecule has 3 aromatic rings. The fourth-order valence-corrected chi connectivity index (χ4v) is 7.53. The Hall–Kier alpha value is -3.76. The number of halogens is 2. The molecule has 1 spiro atoms. The van der Waals surface area contributed by atoms with Crippen molar-refractivity contribution in [3.8, 4) is 0 Å². The van der Waals surface area contributed by atoms with Crippen LogP contribution in [0, 0.1) is 25.6 Å². The van der Waals surface area contributed by atoms with Crippen LogP contribution in [0.1, 0.15) is 64.5 Å². The molecule has 1 amide bonds. The quantitative estimate of drug-likeness (QED) is 0.370. The number of amides is 1. The topological polar surface area (TPSA) is 99.1 Å². The summed E-state index contributed by atoms with van der Waals surface area (Å²) in [6.45, 7) is 10.4. The number of ether oxygens (including phenoxy) is 1. The number of rotatable bonds is 6. The van der Waals surface area contributed by atoms with Gasteiger partial charge in [0.25, 0.3) is 5.91 Å². The van der Waals surface area contributed by atoms with Crippen molar-refractivity contribution in [2.75, 3.05) is 49.7 Å². The minimum Gasteiger partial charge on any atom is -0.478 e. The van der Waals surface area contributed by atoms with Crippen molar-refractivity contribution in [3.63, 3.8) is 0 Å². The van der Waals surface area contributed by atoms with Crippen molar-refractivity contribution in [3.05, 3.63) is 75.4 Å². The molecule has 2 aliphatic heterocycles. The molecule has 9 nitrogen and oxygen atoms in total. The summed E-state index contributed by atoms with van der Waals surface area (Å²) in [6, 6.07) is 10.3. The molecule has 1 N–H and O–H groups in total. The summed E-state index contributed by atoms with van der Waals surface area (Å²) >= 11 is 5.97. The normalized spacial score (nSPS) is 22.2. The molecular formula is C33H37ClFN5O4. The van der Waals surface area contributed by atoms with Gasteiger partial charge >= 0.3 is 5.97 Å². The first-order chi connectivity index (χ1) is 20.8. The first kappa shape index (κ1) is 30.3. The first-order valence-electron chi connectivity index (χ1n) is 14.8. The standard InChI is InChI=1S/C33H37ClFN5O4/c1-19-12-27(36-20(2)28(19)31(42)43)38-10-11-40(32(3,4)17-38)30(41)25-8-9-26-29(37-25)33(14-21(15-33)16-44-5)18-39(26)22-6-7-23(34)24(35)13-22/h6-9,12-13,21H,10-11,14-18H2,1-5H3,(H,42,43). The molecule has 0 atom stereocenters. The number of aromatic carboxylic acids is 1. The monoisotopic (exact) mass is 621 g/mol. The number of carboxylic acid groups (broad SMARTS) is 1. The SMILES string of the molecule is COCC1CC2(C1)CN(c1ccc(Cl)c(F)c1)c1ccc(C(=O)N3CCN(c4cc(C)c(C(=O)O)c(C)n4)CC3(C)C)nc12. The fraction of sp³-hybridized carbons (Fsp3) is 0.455. The zero-order chi connectivity index (χ0) is 31.6. The van der Waals surface area contributed by atoms with Gasteiger partial charge in [0.05, 0.1) is 33.2 Å². The Bertz CT molecular complexity index is 1630. The van der Waals surface area contributed by atoms with Crippen LogP contribution < -0.4 is 9.80 Å². The molecule has 3 aliphatic rings. The van der Waals surface area contributed by atoms with Gasteiger partial charge in [-0.25, -0.2) is 19.2 Å². The van der Waals surface area contributed by atoms with Gasteiger partial charge in [-0.2, -0.15) is 0 Å². The third kappa shape index (κ3) is 5.07. The summed E-state index contributed by atoms with van der Waals surface area (Å²) in [5.41, 5.74) is 3.40. The third-order valence-electron chi connectivity index (χ3n) is 9.39. The zero-order valence-corrected chi connectivity index (χ0v) is 26.4. The highest BCUT2D eigenvalue weighted by Crippen LogP contribution is 2.56. The van der Waals surface area contributed by atoms with E-state index in [1.165, 1.54) is 6.07 Å². The highest BCUT2D eigenvalue weighted by molar-refractivity contribution is 6.30. The molecule has 2 fully saturated rings. The van der Waals surface area contributed by atoms with Crippen molar-refractivity contribution in [1.29, 1.82) is 0 Å². The number of methoxy groups -OCH3 is 1. The summed E-state index contributed by atoms with van der Waals surface area (Å²) in [7, 11) is 1.70. The molecule has 6 rings (SSSR count). The van der Waals surface area contributed by atoms with E-state index in [9.17, 15) is 19.1 Å². The lowest BCUT2D eigenvalue weighted by atomic mass is 9.61. The maximum atomic E-state index is 14.5. The third-order valence-corrected chi connectivity index (χ3v) is 9.70. The van der Waals surface area contributed by atoms with E-state index in [1.807, 2.05) is 30.9 Å². The zero-order valence-electron chi connectivity index (χ0n) is 25.7. The highest BCUT2D eigenvalue weighted by Gasteiger charge is 2.53. The van der Waals surface area contributed by atoms with Crippen molar-refractivity contribution in [2.45, 2.75) is 51.5 Å². The molecule has 1 aromatic carbocycles. The molecule has 0 bridgehead atoms. The lowest BCUT2D eigenvalue weighted by Crippen LogP contribution is -2.61. The Morgan fingerprint density at radius 1 is 1.09 bits per heavy atom. The number of carboxylic acids is 1. The number of pyridine rings is 2. The number of carbonyl (C=O) groups is 2. The predicted octanol–water partition coefficient (Wildman–Crippen LogP) is 5.77. The van der Waals surface area contributed by atoms with E-state index in [0.29, 0.717) is 67.2 Å². The fourth-order valence-electron chi connectivity index (χ4n) is 7.41. The second-order valence-corrected chi connectivity index (χ2v) is 13.4. The Morgan fingerprint density at radius 3 is 2.48 bits per heavy atom. The van der Waals surface area contributed by atoms with Gasteiger partial charge in [0.2, 0.25) is 0 Å². The molecule has 2 aromatic heterocycles. The van der Waals surface area contributed by atoms with Gasteiger partial charge in [-0.1, -0.05) is 11.6 Å². The summed E-state index contributed by atoms with van der Waals surface area (Å²) < 4.78 is 19.9. The molecule has 44 heavy (non-hydrogen) atoms. The Labute approximate surface area is 261 Å². The molecule has 11 heteroatoms. The molecule has 1 saturated carbocycles. The molecule has 1 aliphatic carbocycles. The lowest BCUT2D eigenvalue weighted by Gasteiger charge is -2.47. The number of piperazine rings is 1. The molecule has 1 saturated heterocycles. The predicted molar refractivity (Wildman–Crippen MR) is 167 cm³/mol. The average Bonchev–Trinajstić information content (AvgIpc) is 3.28. The van der Waals surface area contributed by atoms with Crippen molar-refractivity contribution in [1.82, 2.24) is 14.9 Å². The summed E-state index contributed by atoms with van der Waals surface area (Å²) in [4.78, 5) is 41.4. The van der Waals surface area contributed by atoms with Crippen LogP contribution in [0.3, 0.4) is 0 Å². The van der Waals surface area contributed by atoms with E-state index in [0.717, 1.165) is 24.2 Å². The van der Waals surface area contributed by atoms with E-state index in [-0.39, 0.29) is 21.9 Å². The lowest BCUT2D eigenvalue weighted by molar-refractivity contribution is 0.0498. The maximum Gasteiger partial charge on any atom is 0.337 e. The summed E-state index contributed by atoms with van der Waals surface area (Å²) in [6.07, 6.45) is 1.75. The smallest absolute Gasteiger partial charge is 0.337 e. The van der Waals surface area contributed by atoms with Gasteiger partial charge in [0.1, 0.15) is 17.3 Å². The van der Waals surface area contributed by atoms with Crippen LogP contribution in [0.5, 0.6) is 0 Å². The minimum atomic E-state index is -0.988. The van der Waals surface area contributed by atoms with Gasteiger partial charge in [-0.15, -0.1) is 0 Å². The number of fused-ring (bicyclic) bond motifs is 2. The van der Waals surface area contributed by atoms with Crippen LogP contribution in [0.15, 0.2) is 36.4 Å². The second kappa shape index (κ2) is 11.0. The Morgan fingerprint density at radius 2 is 1.84 bits per heavy atom. The number of hydrogen-bond donors (Lipinski definition) is 1. The highest BCUT2D eigenvalue weighted by atomic mass is 35.5. The van der Waals surface area contributed by atoms with Crippen LogP contribution in [0.4, 0.5) is 21.6 Å². The maximum absolute atomic E-state index is 14.5. The minimum absolute atomic E-state index is 0.0757. The van der Waals surface area contributed by atoms with Gasteiger partial charge in [-0.05, 0) is 88.4 Å². The van der Waals surface area contributed by atoms with Gasteiger partial charge in [0, 0.05) is 51.0 Å². The number of aryl methyl sites for hydroxylation is 2. The van der Waals surface area contributed by atoms with Gasteiger partial charge in [0.15, 0.2) is 0 Å². The van der Waals surface area contributed by atoms with Crippen LogP contribution in [-0.4, -0.2) is 77.3 Å². The number of nitrogens with zero attached hydrogens (tertiary/aromatic N) is 5. The Balaban J connectivity index is 1.27. The molecule has 0 unspecified atom stereocenters. The Kier molecular flexibility index (Phi) is 7.57. The van der Waals surface area contributed by atoms with E-state index in [4.69, 9.17) is 21.3 Å². The largest absolute Gasteiger partial charge is 0.478 e. The number of carbonyl (C=O) groups excluding carboxylic acids is 1. The molecule has 4 heterocycles. The van der Waals surface area contributed by atoms with E-state index in [1.54, 1.807) is 39.2 Å². The average molecular weight is 622 g/mol.